The van der Waals surface area contributed by atoms with Gasteiger partial charge in [-0.2, -0.15) is 17.5 Å². The lowest BCUT2D eigenvalue weighted by atomic mass is 10.3. The van der Waals surface area contributed by atoms with Crippen molar-refractivity contribution in [1.82, 2.24) is 0 Å². The third-order valence-electron chi connectivity index (χ3n) is 3.23. The van der Waals surface area contributed by atoms with Crippen molar-refractivity contribution in [2.24, 2.45) is 0 Å². The molecule has 10 heteroatoms. The minimum atomic E-state index is -4.62. The number of thioether (sulfide) groups is 1. The number of benzene rings is 2. The zero-order valence-corrected chi connectivity index (χ0v) is 15.4. The maximum absolute atomic E-state index is 13.1. The molecular weight excluding hydrogens is 406 g/mol. The van der Waals surface area contributed by atoms with Crippen LogP contribution in [0.2, 0.25) is 0 Å². The van der Waals surface area contributed by atoms with E-state index in [9.17, 15) is 30.8 Å². The molecule has 0 spiro atoms. The second-order valence-electron chi connectivity index (χ2n) is 5.23. The third-order valence-corrected chi connectivity index (χ3v) is 5.70. The molecule has 27 heavy (non-hydrogen) atoms. The van der Waals surface area contributed by atoms with E-state index in [0.717, 1.165) is 31.2 Å². The van der Waals surface area contributed by atoms with Gasteiger partial charge in [0.2, 0.25) is 0 Å². The van der Waals surface area contributed by atoms with Crippen LogP contribution in [0.15, 0.2) is 70.5 Å². The number of halogens is 4. The highest BCUT2D eigenvalue weighted by Gasteiger charge is 2.33. The van der Waals surface area contributed by atoms with Crippen molar-refractivity contribution in [3.63, 3.8) is 0 Å². The van der Waals surface area contributed by atoms with Crippen LogP contribution in [-0.4, -0.2) is 19.8 Å². The fourth-order valence-corrected chi connectivity index (χ4v) is 3.87. The van der Waals surface area contributed by atoms with E-state index in [1.807, 2.05) is 0 Å². The number of hydrogen-bond acceptors (Lipinski definition) is 4. The summed E-state index contributed by atoms with van der Waals surface area (Å²) < 4.78 is 76.5. The van der Waals surface area contributed by atoms with E-state index in [1.54, 1.807) is 6.07 Å². The second kappa shape index (κ2) is 8.13. The molecule has 0 unspecified atom stereocenters. The van der Waals surface area contributed by atoms with Gasteiger partial charge in [0.05, 0.1) is 10.6 Å². The Balaban J connectivity index is 2.53. The van der Waals surface area contributed by atoms with E-state index in [2.05, 4.69) is 0 Å². The number of anilines is 1. The molecule has 0 atom stereocenters. The molecule has 144 valence electrons. The molecule has 0 saturated heterocycles. The Kier molecular flexibility index (Phi) is 6.32. The SMILES string of the molecule is CC(=CSC(F)(F)F)C(=O)N(c1ccccc1)S(=O)(=O)c1ccc(F)cc1. The number of amides is 1. The first kappa shape index (κ1) is 21.0. The Morgan fingerprint density at radius 2 is 1.59 bits per heavy atom. The standard InChI is InChI=1S/C17H13F4NO3S2/c1-12(11-26-17(19,20)21)16(23)22(14-5-3-2-4-6-14)27(24,25)15-9-7-13(18)8-10-15/h2-11H,1H3. The van der Waals surface area contributed by atoms with Gasteiger partial charge in [-0.15, -0.1) is 0 Å². The van der Waals surface area contributed by atoms with Gasteiger partial charge < -0.3 is 0 Å². The van der Waals surface area contributed by atoms with Crippen LogP contribution in [-0.2, 0) is 14.8 Å². The monoisotopic (exact) mass is 419 g/mol. The molecule has 0 heterocycles. The predicted octanol–water partition coefficient (Wildman–Crippen LogP) is 4.70. The van der Waals surface area contributed by atoms with Gasteiger partial charge in [0.25, 0.3) is 15.9 Å². The highest BCUT2D eigenvalue weighted by atomic mass is 32.2. The summed E-state index contributed by atoms with van der Waals surface area (Å²) in [5.41, 5.74) is -5.10. The smallest absolute Gasteiger partial charge is 0.268 e. The molecule has 0 saturated carbocycles. The fraction of sp³-hybridized carbons (Fsp3) is 0.118. The number of rotatable bonds is 5. The molecule has 0 radical (unpaired) electrons. The van der Waals surface area contributed by atoms with Gasteiger partial charge in [0.1, 0.15) is 5.82 Å². The maximum Gasteiger partial charge on any atom is 0.445 e. The highest BCUT2D eigenvalue weighted by Crippen LogP contribution is 2.33. The van der Waals surface area contributed by atoms with Crippen LogP contribution in [0.4, 0.5) is 23.2 Å². The highest BCUT2D eigenvalue weighted by molar-refractivity contribution is 8.03. The largest absolute Gasteiger partial charge is 0.445 e. The van der Waals surface area contributed by atoms with Crippen molar-refractivity contribution in [3.05, 3.63) is 71.4 Å². The van der Waals surface area contributed by atoms with E-state index in [-0.39, 0.29) is 10.6 Å². The van der Waals surface area contributed by atoms with E-state index >= 15 is 0 Å². The fourth-order valence-electron chi connectivity index (χ4n) is 2.01. The number of carbonyl (C=O) groups is 1. The molecule has 0 fully saturated rings. The quantitative estimate of drug-likeness (QED) is 0.521. The van der Waals surface area contributed by atoms with Crippen molar-refractivity contribution in [2.45, 2.75) is 17.3 Å². The summed E-state index contributed by atoms with van der Waals surface area (Å²) in [4.78, 5) is 12.3. The van der Waals surface area contributed by atoms with E-state index < -0.39 is 44.6 Å². The second-order valence-corrected chi connectivity index (χ2v) is 7.95. The summed E-state index contributed by atoms with van der Waals surface area (Å²) in [5, 5.41) is 0.540. The minimum Gasteiger partial charge on any atom is -0.268 e. The van der Waals surface area contributed by atoms with Gasteiger partial charge in [-0.1, -0.05) is 18.2 Å². The number of nitrogens with zero attached hydrogens (tertiary/aromatic N) is 1. The Bertz CT molecular complexity index is 940. The average Bonchev–Trinajstić information content (AvgIpc) is 2.60. The molecule has 2 aromatic carbocycles. The van der Waals surface area contributed by atoms with Crippen LogP contribution < -0.4 is 4.31 Å². The molecule has 0 N–H and O–H groups in total. The summed E-state index contributed by atoms with van der Waals surface area (Å²) in [6, 6.07) is 10.9. The summed E-state index contributed by atoms with van der Waals surface area (Å²) in [7, 11) is -4.48. The molecule has 0 aliphatic rings. The topological polar surface area (TPSA) is 54.5 Å². The molecule has 4 nitrogen and oxygen atoms in total. The van der Waals surface area contributed by atoms with Gasteiger partial charge in [-0.3, -0.25) is 4.79 Å². The van der Waals surface area contributed by atoms with Crippen LogP contribution in [0.3, 0.4) is 0 Å². The summed E-state index contributed by atoms with van der Waals surface area (Å²) in [6.07, 6.45) is 0. The van der Waals surface area contributed by atoms with Gasteiger partial charge in [0.15, 0.2) is 0 Å². The number of para-hydroxylation sites is 1. The van der Waals surface area contributed by atoms with Gasteiger partial charge in [-0.05, 0) is 60.5 Å². The molecular formula is C17H13F4NO3S2. The first-order valence-electron chi connectivity index (χ1n) is 7.34. The Labute approximate surface area is 157 Å². The van der Waals surface area contributed by atoms with Crippen LogP contribution in [0.5, 0.6) is 0 Å². The Hall–Kier alpha value is -2.33. The molecule has 0 bridgehead atoms. The van der Waals surface area contributed by atoms with Crippen LogP contribution in [0, 0.1) is 5.82 Å². The molecule has 2 aromatic rings. The predicted molar refractivity (Wildman–Crippen MR) is 94.9 cm³/mol. The Morgan fingerprint density at radius 1 is 1.04 bits per heavy atom. The van der Waals surface area contributed by atoms with Gasteiger partial charge in [0, 0.05) is 5.57 Å². The van der Waals surface area contributed by atoms with E-state index in [0.29, 0.717) is 9.71 Å². The number of carbonyl (C=O) groups excluding carboxylic acids is 1. The van der Waals surface area contributed by atoms with Crippen molar-refractivity contribution >= 4 is 33.4 Å². The minimum absolute atomic E-state index is 0.0587. The summed E-state index contributed by atoms with van der Waals surface area (Å²) in [5.74, 6) is -1.83. The van der Waals surface area contributed by atoms with Crippen molar-refractivity contribution in [2.75, 3.05) is 4.31 Å². The molecule has 0 aliphatic carbocycles. The summed E-state index contributed by atoms with van der Waals surface area (Å²) in [6.45, 7) is 1.08. The van der Waals surface area contributed by atoms with Gasteiger partial charge >= 0.3 is 5.51 Å². The zero-order chi connectivity index (χ0) is 20.2. The molecule has 0 aromatic heterocycles. The zero-order valence-electron chi connectivity index (χ0n) is 13.8. The normalized spacial score (nSPS) is 12.7. The molecule has 2 rings (SSSR count). The maximum atomic E-state index is 13.1. The van der Waals surface area contributed by atoms with Crippen molar-refractivity contribution in [1.29, 1.82) is 0 Å². The lowest BCUT2D eigenvalue weighted by Crippen LogP contribution is -2.37. The molecule has 0 aliphatic heterocycles. The van der Waals surface area contributed by atoms with Crippen LogP contribution >= 0.6 is 11.8 Å². The van der Waals surface area contributed by atoms with Crippen LogP contribution in [0.25, 0.3) is 0 Å². The van der Waals surface area contributed by atoms with Gasteiger partial charge in [-0.25, -0.2) is 12.8 Å². The van der Waals surface area contributed by atoms with Crippen LogP contribution in [0.1, 0.15) is 6.92 Å². The first-order valence-corrected chi connectivity index (χ1v) is 9.66. The lowest BCUT2D eigenvalue weighted by molar-refractivity contribution is -0.114. The van der Waals surface area contributed by atoms with Crippen molar-refractivity contribution in [3.8, 4) is 0 Å². The van der Waals surface area contributed by atoms with Crippen molar-refractivity contribution < 1.29 is 30.8 Å². The molecule has 1 amide bonds. The number of alkyl halides is 3. The van der Waals surface area contributed by atoms with E-state index in [1.165, 1.54) is 24.3 Å². The number of sulfonamides is 1. The van der Waals surface area contributed by atoms with E-state index in [4.69, 9.17) is 0 Å². The number of hydrogen-bond donors (Lipinski definition) is 0. The summed E-state index contributed by atoms with van der Waals surface area (Å²) >= 11 is -0.563. The average molecular weight is 419 g/mol. The third kappa shape index (κ3) is 5.33. The lowest BCUT2D eigenvalue weighted by Gasteiger charge is -2.23. The Morgan fingerprint density at radius 3 is 2.11 bits per heavy atom. The first-order chi connectivity index (χ1) is 12.5.